The fraction of sp³-hybridized carbons (Fsp3) is 0.571. The van der Waals surface area contributed by atoms with Gasteiger partial charge >= 0.3 is 0 Å². The SMILES string of the molecule is O=C1CCC(C2(c3cccnc3)COC2)CC1. The van der Waals surface area contributed by atoms with E-state index in [1.165, 1.54) is 5.56 Å². The number of hydrogen-bond donors (Lipinski definition) is 0. The maximum Gasteiger partial charge on any atom is 0.132 e. The van der Waals surface area contributed by atoms with Crippen LogP contribution in [0, 0.1) is 5.92 Å². The van der Waals surface area contributed by atoms with Gasteiger partial charge in [-0.3, -0.25) is 9.78 Å². The summed E-state index contributed by atoms with van der Waals surface area (Å²) < 4.78 is 5.46. The maximum atomic E-state index is 11.3. The quantitative estimate of drug-likeness (QED) is 0.782. The van der Waals surface area contributed by atoms with Crippen molar-refractivity contribution in [2.75, 3.05) is 13.2 Å². The number of ketones is 1. The van der Waals surface area contributed by atoms with Crippen LogP contribution in [0.5, 0.6) is 0 Å². The number of aromatic nitrogens is 1. The molecule has 0 unspecified atom stereocenters. The zero-order valence-corrected chi connectivity index (χ0v) is 9.89. The van der Waals surface area contributed by atoms with Gasteiger partial charge in [-0.05, 0) is 30.4 Å². The summed E-state index contributed by atoms with van der Waals surface area (Å²) in [6.07, 6.45) is 7.27. The number of carbonyl (C=O) groups is 1. The van der Waals surface area contributed by atoms with Crippen molar-refractivity contribution in [3.05, 3.63) is 30.1 Å². The summed E-state index contributed by atoms with van der Waals surface area (Å²) in [5, 5.41) is 0. The average molecular weight is 231 g/mol. The third kappa shape index (κ3) is 1.78. The zero-order chi connectivity index (χ0) is 11.7. The van der Waals surface area contributed by atoms with Crippen LogP contribution in [-0.4, -0.2) is 24.0 Å². The molecule has 0 N–H and O–H groups in total. The van der Waals surface area contributed by atoms with Crippen LogP contribution >= 0.6 is 0 Å². The molecule has 3 nitrogen and oxygen atoms in total. The first-order valence-corrected chi connectivity index (χ1v) is 6.31. The lowest BCUT2D eigenvalue weighted by Gasteiger charge is -2.48. The van der Waals surface area contributed by atoms with E-state index in [1.54, 1.807) is 6.20 Å². The number of hydrogen-bond acceptors (Lipinski definition) is 3. The fourth-order valence-corrected chi connectivity index (χ4v) is 3.11. The van der Waals surface area contributed by atoms with Crippen LogP contribution in [0.2, 0.25) is 0 Å². The van der Waals surface area contributed by atoms with Gasteiger partial charge in [-0.15, -0.1) is 0 Å². The molecular weight excluding hydrogens is 214 g/mol. The van der Waals surface area contributed by atoms with Crippen molar-refractivity contribution >= 4 is 5.78 Å². The van der Waals surface area contributed by atoms with Crippen molar-refractivity contribution in [2.45, 2.75) is 31.1 Å². The van der Waals surface area contributed by atoms with E-state index in [0.717, 1.165) is 38.9 Å². The molecule has 2 aliphatic rings. The Morgan fingerprint density at radius 2 is 2.06 bits per heavy atom. The van der Waals surface area contributed by atoms with Gasteiger partial charge in [0.2, 0.25) is 0 Å². The molecule has 1 aromatic rings. The van der Waals surface area contributed by atoms with Crippen LogP contribution < -0.4 is 0 Å². The van der Waals surface area contributed by atoms with E-state index in [-0.39, 0.29) is 5.41 Å². The second-order valence-corrected chi connectivity index (χ2v) is 5.20. The second-order valence-electron chi connectivity index (χ2n) is 5.20. The van der Waals surface area contributed by atoms with Gasteiger partial charge in [0.1, 0.15) is 5.78 Å². The third-order valence-electron chi connectivity index (χ3n) is 4.28. The number of pyridine rings is 1. The molecule has 17 heavy (non-hydrogen) atoms. The number of rotatable bonds is 2. The highest BCUT2D eigenvalue weighted by Crippen LogP contribution is 2.45. The van der Waals surface area contributed by atoms with E-state index in [9.17, 15) is 4.79 Å². The highest BCUT2D eigenvalue weighted by atomic mass is 16.5. The first-order chi connectivity index (χ1) is 8.31. The molecule has 3 heteroatoms. The Bertz CT molecular complexity index is 401. The van der Waals surface area contributed by atoms with E-state index < -0.39 is 0 Å². The van der Waals surface area contributed by atoms with Crippen LogP contribution in [0.4, 0.5) is 0 Å². The van der Waals surface area contributed by atoms with E-state index >= 15 is 0 Å². The third-order valence-corrected chi connectivity index (χ3v) is 4.28. The summed E-state index contributed by atoms with van der Waals surface area (Å²) in [6.45, 7) is 1.58. The highest BCUT2D eigenvalue weighted by Gasteiger charge is 2.47. The number of nitrogens with zero attached hydrogens (tertiary/aromatic N) is 1. The van der Waals surface area contributed by atoms with Crippen molar-refractivity contribution in [1.29, 1.82) is 0 Å². The van der Waals surface area contributed by atoms with Crippen molar-refractivity contribution in [3.8, 4) is 0 Å². The van der Waals surface area contributed by atoms with Gasteiger partial charge in [0.15, 0.2) is 0 Å². The fourth-order valence-electron chi connectivity index (χ4n) is 3.11. The molecule has 0 aromatic carbocycles. The Labute approximate surface area is 101 Å². The molecule has 0 bridgehead atoms. The first kappa shape index (κ1) is 10.9. The Balaban J connectivity index is 1.85. The van der Waals surface area contributed by atoms with Gasteiger partial charge in [-0.1, -0.05) is 6.07 Å². The molecule has 1 aliphatic heterocycles. The topological polar surface area (TPSA) is 39.2 Å². The van der Waals surface area contributed by atoms with Crippen molar-refractivity contribution in [2.24, 2.45) is 5.92 Å². The number of ether oxygens (including phenoxy) is 1. The molecule has 0 amide bonds. The van der Waals surface area contributed by atoms with Crippen molar-refractivity contribution in [1.82, 2.24) is 4.98 Å². The van der Waals surface area contributed by atoms with Crippen LogP contribution in [-0.2, 0) is 14.9 Å². The van der Waals surface area contributed by atoms with Crippen LogP contribution in [0.3, 0.4) is 0 Å². The molecule has 2 heterocycles. The standard InChI is InChI=1S/C14H17NO2/c16-13-5-3-11(4-6-13)14(9-17-10-14)12-2-1-7-15-8-12/h1-2,7-8,11H,3-6,9-10H2. The largest absolute Gasteiger partial charge is 0.379 e. The van der Waals surface area contributed by atoms with E-state index in [1.807, 2.05) is 12.3 Å². The summed E-state index contributed by atoms with van der Waals surface area (Å²) in [5.74, 6) is 1.00. The molecule has 1 aromatic heterocycles. The van der Waals surface area contributed by atoms with Crippen LogP contribution in [0.15, 0.2) is 24.5 Å². The van der Waals surface area contributed by atoms with Gasteiger partial charge in [-0.2, -0.15) is 0 Å². The lowest BCUT2D eigenvalue weighted by atomic mass is 9.64. The van der Waals surface area contributed by atoms with Crippen LogP contribution in [0.25, 0.3) is 0 Å². The predicted molar refractivity (Wildman–Crippen MR) is 63.7 cm³/mol. The summed E-state index contributed by atoms with van der Waals surface area (Å²) in [6, 6.07) is 4.13. The summed E-state index contributed by atoms with van der Waals surface area (Å²) in [7, 11) is 0. The summed E-state index contributed by atoms with van der Waals surface area (Å²) in [5.41, 5.74) is 1.42. The molecule has 3 rings (SSSR count). The smallest absolute Gasteiger partial charge is 0.132 e. The first-order valence-electron chi connectivity index (χ1n) is 6.31. The Hall–Kier alpha value is -1.22. The highest BCUT2D eigenvalue weighted by molar-refractivity contribution is 5.79. The van der Waals surface area contributed by atoms with Crippen molar-refractivity contribution < 1.29 is 9.53 Å². The molecule has 1 saturated heterocycles. The monoisotopic (exact) mass is 231 g/mol. The van der Waals surface area contributed by atoms with E-state index in [4.69, 9.17) is 4.74 Å². The maximum absolute atomic E-state index is 11.3. The number of carbonyl (C=O) groups excluding carboxylic acids is 1. The van der Waals surface area contributed by atoms with Crippen molar-refractivity contribution in [3.63, 3.8) is 0 Å². The lowest BCUT2D eigenvalue weighted by molar-refractivity contribution is -0.127. The lowest BCUT2D eigenvalue weighted by Crippen LogP contribution is -2.53. The molecule has 0 atom stereocenters. The second kappa shape index (κ2) is 4.22. The van der Waals surface area contributed by atoms with Crippen LogP contribution in [0.1, 0.15) is 31.2 Å². The molecule has 90 valence electrons. The molecule has 1 aliphatic carbocycles. The average Bonchev–Trinajstić information content (AvgIpc) is 2.32. The number of Topliss-reactive ketones (excluding diaryl/α,β-unsaturated/α-hetero) is 1. The molecule has 0 spiro atoms. The van der Waals surface area contributed by atoms with Gasteiger partial charge in [0, 0.05) is 30.7 Å². The van der Waals surface area contributed by atoms with Gasteiger partial charge < -0.3 is 4.74 Å². The minimum atomic E-state index is 0.134. The summed E-state index contributed by atoms with van der Waals surface area (Å²) in [4.78, 5) is 15.6. The molecule has 0 radical (unpaired) electrons. The minimum Gasteiger partial charge on any atom is -0.379 e. The van der Waals surface area contributed by atoms with Gasteiger partial charge in [0.05, 0.1) is 13.2 Å². The Morgan fingerprint density at radius 3 is 2.59 bits per heavy atom. The normalized spacial score (nSPS) is 24.4. The zero-order valence-electron chi connectivity index (χ0n) is 9.89. The molecular formula is C14H17NO2. The van der Waals surface area contributed by atoms with E-state index in [2.05, 4.69) is 11.1 Å². The predicted octanol–water partition coefficient (Wildman–Crippen LogP) is 2.11. The summed E-state index contributed by atoms with van der Waals surface area (Å²) >= 11 is 0. The molecule has 2 fully saturated rings. The van der Waals surface area contributed by atoms with E-state index in [0.29, 0.717) is 11.7 Å². The Morgan fingerprint density at radius 1 is 1.29 bits per heavy atom. The Kier molecular flexibility index (Phi) is 2.71. The molecule has 1 saturated carbocycles. The minimum absolute atomic E-state index is 0.134. The van der Waals surface area contributed by atoms with Gasteiger partial charge in [0.25, 0.3) is 0 Å². The van der Waals surface area contributed by atoms with Gasteiger partial charge in [-0.25, -0.2) is 0 Å².